The summed E-state index contributed by atoms with van der Waals surface area (Å²) in [4.78, 5) is 35.9. The summed E-state index contributed by atoms with van der Waals surface area (Å²) in [6, 6.07) is 8.22. The molecule has 0 aliphatic carbocycles. The number of aromatic nitrogens is 1. The van der Waals surface area contributed by atoms with Gasteiger partial charge in [-0.1, -0.05) is 47.6 Å². The zero-order valence-corrected chi connectivity index (χ0v) is 26.1. The minimum atomic E-state index is -0.237. The van der Waals surface area contributed by atoms with Crippen LogP contribution in [0.5, 0.6) is 5.75 Å². The molecular weight excluding hydrogens is 539 g/mol. The van der Waals surface area contributed by atoms with Gasteiger partial charge in [-0.15, -0.1) is 22.7 Å². The molecule has 1 atom stereocenters. The molecule has 2 saturated heterocycles. The smallest absolute Gasteiger partial charge is 0.227 e. The molecule has 2 aliphatic heterocycles. The Morgan fingerprint density at radius 2 is 1.70 bits per heavy atom. The maximum absolute atomic E-state index is 13.3. The molecule has 8 heteroatoms. The van der Waals surface area contributed by atoms with Crippen molar-refractivity contribution in [3.8, 4) is 17.0 Å². The lowest BCUT2D eigenvalue weighted by molar-refractivity contribution is -0.136. The molecular formula is C32H41N3O3S2. The fourth-order valence-electron chi connectivity index (χ4n) is 5.82. The number of phenols is 1. The Hall–Kier alpha value is -2.71. The summed E-state index contributed by atoms with van der Waals surface area (Å²) in [7, 11) is 0. The predicted octanol–water partition coefficient (Wildman–Crippen LogP) is 6.93. The molecule has 2 aliphatic rings. The molecule has 5 rings (SSSR count). The van der Waals surface area contributed by atoms with Gasteiger partial charge < -0.3 is 14.9 Å². The van der Waals surface area contributed by atoms with Gasteiger partial charge in [-0.05, 0) is 47.3 Å². The second kappa shape index (κ2) is 10.9. The van der Waals surface area contributed by atoms with Crippen molar-refractivity contribution < 1.29 is 14.7 Å². The highest BCUT2D eigenvalue weighted by atomic mass is 32.1. The molecule has 6 nitrogen and oxygen atoms in total. The van der Waals surface area contributed by atoms with Crippen molar-refractivity contribution in [2.24, 2.45) is 5.92 Å². The van der Waals surface area contributed by atoms with E-state index in [-0.39, 0.29) is 28.6 Å². The van der Waals surface area contributed by atoms with Crippen molar-refractivity contribution in [3.63, 3.8) is 0 Å². The van der Waals surface area contributed by atoms with Gasteiger partial charge >= 0.3 is 0 Å². The zero-order chi connectivity index (χ0) is 28.8. The summed E-state index contributed by atoms with van der Waals surface area (Å²) >= 11 is 3.34. The highest BCUT2D eigenvalue weighted by Crippen LogP contribution is 2.43. The van der Waals surface area contributed by atoms with Gasteiger partial charge in [0, 0.05) is 58.9 Å². The number of likely N-dealkylation sites (tertiary alicyclic amines) is 2. The van der Waals surface area contributed by atoms with Crippen molar-refractivity contribution >= 4 is 34.5 Å². The summed E-state index contributed by atoms with van der Waals surface area (Å²) in [5, 5.41) is 16.4. The monoisotopic (exact) mass is 579 g/mol. The molecule has 1 unspecified atom stereocenters. The number of amides is 2. The van der Waals surface area contributed by atoms with Crippen LogP contribution in [-0.2, 0) is 27.0 Å². The van der Waals surface area contributed by atoms with Crippen molar-refractivity contribution in [3.05, 3.63) is 56.0 Å². The van der Waals surface area contributed by atoms with Crippen LogP contribution in [0.1, 0.15) is 87.7 Å². The second-order valence-corrected chi connectivity index (χ2v) is 15.3. The highest BCUT2D eigenvalue weighted by molar-refractivity contribution is 7.10. The van der Waals surface area contributed by atoms with Crippen LogP contribution >= 0.6 is 22.7 Å². The van der Waals surface area contributed by atoms with Crippen LogP contribution in [0.15, 0.2) is 35.0 Å². The number of thiophene rings is 1. The zero-order valence-electron chi connectivity index (χ0n) is 24.5. The van der Waals surface area contributed by atoms with Crippen LogP contribution in [0.25, 0.3) is 11.3 Å². The Morgan fingerprint density at radius 1 is 1.05 bits per heavy atom. The lowest BCUT2D eigenvalue weighted by Crippen LogP contribution is -2.42. The maximum atomic E-state index is 13.3. The second-order valence-electron chi connectivity index (χ2n) is 13.3. The van der Waals surface area contributed by atoms with E-state index in [9.17, 15) is 14.7 Å². The molecule has 0 bridgehead atoms. The van der Waals surface area contributed by atoms with Crippen LogP contribution in [-0.4, -0.2) is 51.3 Å². The lowest BCUT2D eigenvalue weighted by atomic mass is 9.78. The number of rotatable bonds is 5. The summed E-state index contributed by atoms with van der Waals surface area (Å²) in [6.07, 6.45) is 2.09. The van der Waals surface area contributed by atoms with Crippen molar-refractivity contribution in [1.82, 2.24) is 14.8 Å². The molecule has 2 amide bonds. The van der Waals surface area contributed by atoms with E-state index in [4.69, 9.17) is 4.98 Å². The van der Waals surface area contributed by atoms with Gasteiger partial charge in [-0.2, -0.15) is 0 Å². The van der Waals surface area contributed by atoms with E-state index in [1.54, 1.807) is 22.7 Å². The van der Waals surface area contributed by atoms with Gasteiger partial charge in [0.1, 0.15) is 5.75 Å². The number of carbonyl (C=O) groups excluding carboxylic acids is 2. The first-order valence-electron chi connectivity index (χ1n) is 14.2. The molecule has 1 aromatic carbocycles. The van der Waals surface area contributed by atoms with Gasteiger partial charge in [-0.3, -0.25) is 9.59 Å². The molecule has 40 heavy (non-hydrogen) atoms. The fraction of sp³-hybridized carbons (Fsp3) is 0.531. The van der Waals surface area contributed by atoms with Crippen LogP contribution in [0.2, 0.25) is 0 Å². The number of thiazole rings is 1. The number of hydrogen-bond donors (Lipinski definition) is 1. The number of phenolic OH excluding ortho intramolecular Hbond substituents is 1. The summed E-state index contributed by atoms with van der Waals surface area (Å²) < 4.78 is 0. The van der Waals surface area contributed by atoms with E-state index in [2.05, 4.69) is 59.1 Å². The molecule has 0 saturated carbocycles. The number of aromatic hydroxyl groups is 1. The van der Waals surface area contributed by atoms with E-state index >= 15 is 0 Å². The molecule has 1 N–H and O–H groups in total. The summed E-state index contributed by atoms with van der Waals surface area (Å²) in [5.41, 5.74) is 3.49. The SMILES string of the molecule is CC(C)(C)c1cc(-c2csc(C3CCN(C(=O)C4CC(=O)N(Cc5cccs5)C4)CC3)n2)cc(C(C)(C)C)c1O. The number of nitrogens with zero attached hydrogens (tertiary/aromatic N) is 3. The van der Waals surface area contributed by atoms with E-state index < -0.39 is 0 Å². The Morgan fingerprint density at radius 3 is 2.27 bits per heavy atom. The van der Waals surface area contributed by atoms with Crippen LogP contribution in [0, 0.1) is 5.92 Å². The van der Waals surface area contributed by atoms with E-state index in [1.807, 2.05) is 27.3 Å². The van der Waals surface area contributed by atoms with Gasteiger partial charge in [0.2, 0.25) is 11.8 Å². The normalized spacial score (nSPS) is 19.1. The number of piperidine rings is 1. The average molecular weight is 580 g/mol. The highest BCUT2D eigenvalue weighted by Gasteiger charge is 2.38. The predicted molar refractivity (Wildman–Crippen MR) is 163 cm³/mol. The standard InChI is InChI=1S/C32H41N3O3S2/c1-31(2,3)24-14-21(15-25(28(24)37)32(4,5)6)26-19-40-29(33-26)20-9-11-34(12-10-20)30(38)22-16-27(36)35(17-22)18-23-8-7-13-39-23/h7-8,13-15,19-20,22,37H,9-12,16-18H2,1-6H3. The van der Waals surface area contributed by atoms with Gasteiger partial charge in [-0.25, -0.2) is 4.98 Å². The molecule has 214 valence electrons. The van der Waals surface area contributed by atoms with Gasteiger partial charge in [0.05, 0.1) is 23.2 Å². The van der Waals surface area contributed by atoms with E-state index in [0.717, 1.165) is 45.1 Å². The molecule has 2 aromatic heterocycles. The van der Waals surface area contributed by atoms with Crippen LogP contribution in [0.3, 0.4) is 0 Å². The van der Waals surface area contributed by atoms with E-state index in [0.29, 0.717) is 44.3 Å². The number of carbonyl (C=O) groups is 2. The topological polar surface area (TPSA) is 73.7 Å². The molecule has 2 fully saturated rings. The minimum absolute atomic E-state index is 0.0791. The third kappa shape index (κ3) is 5.98. The first-order chi connectivity index (χ1) is 18.8. The minimum Gasteiger partial charge on any atom is -0.507 e. The van der Waals surface area contributed by atoms with Crippen molar-refractivity contribution in [2.45, 2.75) is 84.1 Å². The van der Waals surface area contributed by atoms with E-state index in [1.165, 1.54) is 0 Å². The first-order valence-corrected chi connectivity index (χ1v) is 16.0. The molecule has 4 heterocycles. The van der Waals surface area contributed by atoms with Crippen LogP contribution in [0.4, 0.5) is 0 Å². The van der Waals surface area contributed by atoms with Crippen molar-refractivity contribution in [2.75, 3.05) is 19.6 Å². The van der Waals surface area contributed by atoms with Gasteiger partial charge in [0.15, 0.2) is 0 Å². The molecule has 0 spiro atoms. The summed E-state index contributed by atoms with van der Waals surface area (Å²) in [5.74, 6) is 0.669. The third-order valence-electron chi connectivity index (χ3n) is 8.19. The third-order valence-corrected chi connectivity index (χ3v) is 10.1. The quantitative estimate of drug-likeness (QED) is 0.356. The largest absolute Gasteiger partial charge is 0.507 e. The summed E-state index contributed by atoms with van der Waals surface area (Å²) in [6.45, 7) is 15.3. The molecule has 3 aromatic rings. The molecule has 0 radical (unpaired) electrons. The Labute approximate surface area is 246 Å². The first kappa shape index (κ1) is 28.8. The lowest BCUT2D eigenvalue weighted by Gasteiger charge is -2.32. The average Bonchev–Trinajstić information content (AvgIpc) is 3.65. The number of benzene rings is 1. The number of hydrogen-bond acceptors (Lipinski definition) is 6. The Kier molecular flexibility index (Phi) is 7.87. The Bertz CT molecular complexity index is 1340. The Balaban J connectivity index is 1.24. The van der Waals surface area contributed by atoms with Crippen molar-refractivity contribution in [1.29, 1.82) is 0 Å². The maximum Gasteiger partial charge on any atom is 0.227 e. The fourth-order valence-corrected chi connectivity index (χ4v) is 7.54. The van der Waals surface area contributed by atoms with Gasteiger partial charge in [0.25, 0.3) is 0 Å². The van der Waals surface area contributed by atoms with Crippen LogP contribution < -0.4 is 0 Å².